The SMILES string of the molecule is COc1cc(C)c(CN(C)[C@H](C(=O)NC(N)=O)c2ccccc2)cc1OC. The highest BCUT2D eigenvalue weighted by atomic mass is 16.5. The van der Waals surface area contributed by atoms with Gasteiger partial charge < -0.3 is 15.2 Å². The van der Waals surface area contributed by atoms with Crippen molar-refractivity contribution in [3.63, 3.8) is 0 Å². The Hall–Kier alpha value is -3.06. The van der Waals surface area contributed by atoms with Crippen LogP contribution in [-0.2, 0) is 11.3 Å². The number of nitrogens with one attached hydrogen (secondary N) is 1. The Morgan fingerprint density at radius 2 is 1.70 bits per heavy atom. The van der Waals surface area contributed by atoms with E-state index in [-0.39, 0.29) is 0 Å². The molecule has 0 radical (unpaired) electrons. The Bertz CT molecular complexity index is 808. The minimum absolute atomic E-state index is 0.456. The zero-order valence-electron chi connectivity index (χ0n) is 16.0. The van der Waals surface area contributed by atoms with Crippen LogP contribution in [0.4, 0.5) is 4.79 Å². The second kappa shape index (κ2) is 9.05. The van der Waals surface area contributed by atoms with E-state index in [1.165, 1.54) is 0 Å². The van der Waals surface area contributed by atoms with Gasteiger partial charge in [0.15, 0.2) is 11.5 Å². The standard InChI is InChI=1S/C20H25N3O4/c1-13-10-16(26-3)17(27-4)11-15(13)12-23(2)18(19(24)22-20(21)25)14-8-6-5-7-9-14/h5-11,18H,12H2,1-4H3,(H3,21,22,24,25)/t18-/m0/s1. The summed E-state index contributed by atoms with van der Waals surface area (Å²) in [7, 11) is 4.98. The van der Waals surface area contributed by atoms with Crippen LogP contribution in [0, 0.1) is 6.92 Å². The molecule has 0 saturated heterocycles. The largest absolute Gasteiger partial charge is 0.493 e. The molecular weight excluding hydrogens is 346 g/mol. The highest BCUT2D eigenvalue weighted by molar-refractivity contribution is 5.96. The summed E-state index contributed by atoms with van der Waals surface area (Å²) in [5, 5.41) is 2.18. The van der Waals surface area contributed by atoms with Crippen molar-refractivity contribution in [1.82, 2.24) is 10.2 Å². The Labute approximate surface area is 159 Å². The summed E-state index contributed by atoms with van der Waals surface area (Å²) in [5.41, 5.74) is 7.87. The van der Waals surface area contributed by atoms with Gasteiger partial charge in [0.25, 0.3) is 0 Å². The molecule has 0 fully saturated rings. The molecule has 0 spiro atoms. The molecule has 0 unspecified atom stereocenters. The van der Waals surface area contributed by atoms with Gasteiger partial charge in [-0.3, -0.25) is 15.0 Å². The quantitative estimate of drug-likeness (QED) is 0.779. The average Bonchev–Trinajstić information content (AvgIpc) is 2.63. The number of methoxy groups -OCH3 is 2. The number of likely N-dealkylation sites (N-methyl/N-ethyl adjacent to an activating group) is 1. The highest BCUT2D eigenvalue weighted by Gasteiger charge is 2.26. The number of ether oxygens (including phenoxy) is 2. The molecule has 0 bridgehead atoms. The van der Waals surface area contributed by atoms with E-state index in [4.69, 9.17) is 15.2 Å². The molecule has 3 N–H and O–H groups in total. The summed E-state index contributed by atoms with van der Waals surface area (Å²) < 4.78 is 10.7. The van der Waals surface area contributed by atoms with Gasteiger partial charge in [-0.05, 0) is 42.8 Å². The minimum Gasteiger partial charge on any atom is -0.493 e. The molecule has 2 aromatic carbocycles. The Balaban J connectivity index is 2.35. The number of nitrogens with zero attached hydrogens (tertiary/aromatic N) is 1. The van der Waals surface area contributed by atoms with Crippen LogP contribution in [0.25, 0.3) is 0 Å². The van der Waals surface area contributed by atoms with E-state index in [9.17, 15) is 9.59 Å². The molecule has 144 valence electrons. The molecule has 1 atom stereocenters. The molecule has 0 aliphatic carbocycles. The number of carbonyl (C=O) groups excluding carboxylic acids is 2. The topological polar surface area (TPSA) is 93.9 Å². The van der Waals surface area contributed by atoms with Crippen LogP contribution < -0.4 is 20.5 Å². The smallest absolute Gasteiger partial charge is 0.318 e. The third kappa shape index (κ3) is 4.98. The Morgan fingerprint density at radius 1 is 1.11 bits per heavy atom. The molecule has 0 aliphatic heterocycles. The van der Waals surface area contributed by atoms with Gasteiger partial charge in [0.05, 0.1) is 14.2 Å². The predicted molar refractivity (Wildman–Crippen MR) is 103 cm³/mol. The second-order valence-corrected chi connectivity index (χ2v) is 6.22. The molecule has 2 aromatic rings. The first-order valence-electron chi connectivity index (χ1n) is 8.44. The van der Waals surface area contributed by atoms with Crippen LogP contribution in [0.3, 0.4) is 0 Å². The van der Waals surface area contributed by atoms with Gasteiger partial charge in [-0.15, -0.1) is 0 Å². The normalized spacial score (nSPS) is 11.7. The maximum absolute atomic E-state index is 12.6. The maximum atomic E-state index is 12.6. The van der Waals surface area contributed by atoms with Crippen LogP contribution in [0.15, 0.2) is 42.5 Å². The van der Waals surface area contributed by atoms with E-state index >= 15 is 0 Å². The fourth-order valence-corrected chi connectivity index (χ4v) is 2.98. The summed E-state index contributed by atoms with van der Waals surface area (Å²) in [5.74, 6) is 0.783. The van der Waals surface area contributed by atoms with E-state index in [1.807, 2.05) is 61.3 Å². The van der Waals surface area contributed by atoms with Crippen molar-refractivity contribution in [2.75, 3.05) is 21.3 Å². The predicted octanol–water partition coefficient (Wildman–Crippen LogP) is 2.38. The summed E-state index contributed by atoms with van der Waals surface area (Å²) in [6.45, 7) is 2.42. The average molecular weight is 371 g/mol. The monoisotopic (exact) mass is 371 g/mol. The molecule has 27 heavy (non-hydrogen) atoms. The number of amides is 3. The number of hydrogen-bond donors (Lipinski definition) is 2. The first kappa shape index (κ1) is 20.3. The first-order valence-corrected chi connectivity index (χ1v) is 8.44. The number of carbonyl (C=O) groups is 2. The second-order valence-electron chi connectivity index (χ2n) is 6.22. The van der Waals surface area contributed by atoms with Gasteiger partial charge in [0.1, 0.15) is 6.04 Å². The van der Waals surface area contributed by atoms with Crippen molar-refractivity contribution in [2.24, 2.45) is 5.73 Å². The number of rotatable bonds is 7. The molecular formula is C20H25N3O4. The van der Waals surface area contributed by atoms with Gasteiger partial charge in [0.2, 0.25) is 5.91 Å². The van der Waals surface area contributed by atoms with Gasteiger partial charge in [-0.25, -0.2) is 4.79 Å². The number of urea groups is 1. The number of primary amides is 1. The number of nitrogens with two attached hydrogens (primary N) is 1. The fourth-order valence-electron chi connectivity index (χ4n) is 2.98. The lowest BCUT2D eigenvalue weighted by atomic mass is 10.0. The molecule has 7 heteroatoms. The molecule has 2 rings (SSSR count). The van der Waals surface area contributed by atoms with E-state index < -0.39 is 18.0 Å². The number of hydrogen-bond acceptors (Lipinski definition) is 5. The van der Waals surface area contributed by atoms with Crippen molar-refractivity contribution in [3.8, 4) is 11.5 Å². The Kier molecular flexibility index (Phi) is 6.79. The van der Waals surface area contributed by atoms with Gasteiger partial charge >= 0.3 is 6.03 Å². The third-order valence-corrected chi connectivity index (χ3v) is 4.31. The molecule has 0 heterocycles. The number of aryl methyl sites for hydroxylation is 1. The van der Waals surface area contributed by atoms with E-state index in [1.54, 1.807) is 14.2 Å². The van der Waals surface area contributed by atoms with E-state index in [0.29, 0.717) is 18.0 Å². The maximum Gasteiger partial charge on any atom is 0.318 e. The van der Waals surface area contributed by atoms with E-state index in [0.717, 1.165) is 16.7 Å². The summed E-state index contributed by atoms with van der Waals surface area (Å²) in [6.07, 6.45) is 0. The molecule has 3 amide bonds. The van der Waals surface area contributed by atoms with Crippen LogP contribution in [-0.4, -0.2) is 38.1 Å². The van der Waals surface area contributed by atoms with Crippen molar-refractivity contribution in [2.45, 2.75) is 19.5 Å². The third-order valence-electron chi connectivity index (χ3n) is 4.31. The van der Waals surface area contributed by atoms with Crippen molar-refractivity contribution in [3.05, 3.63) is 59.2 Å². The van der Waals surface area contributed by atoms with Gasteiger partial charge in [-0.2, -0.15) is 0 Å². The Morgan fingerprint density at radius 3 is 2.26 bits per heavy atom. The summed E-state index contributed by atoms with van der Waals surface area (Å²) in [4.78, 5) is 25.6. The number of imide groups is 1. The zero-order valence-corrected chi connectivity index (χ0v) is 16.0. The molecule has 7 nitrogen and oxygen atoms in total. The lowest BCUT2D eigenvalue weighted by Gasteiger charge is -2.28. The zero-order chi connectivity index (χ0) is 20.0. The van der Waals surface area contributed by atoms with Crippen molar-refractivity contribution in [1.29, 1.82) is 0 Å². The molecule has 0 aromatic heterocycles. The first-order chi connectivity index (χ1) is 12.9. The van der Waals surface area contributed by atoms with Crippen LogP contribution in [0.2, 0.25) is 0 Å². The molecule has 0 saturated carbocycles. The van der Waals surface area contributed by atoms with Gasteiger partial charge in [-0.1, -0.05) is 30.3 Å². The summed E-state index contributed by atoms with van der Waals surface area (Å²) in [6, 6.07) is 11.5. The molecule has 0 aliphatic rings. The minimum atomic E-state index is -0.878. The fraction of sp³-hybridized carbons (Fsp3) is 0.300. The summed E-state index contributed by atoms with van der Waals surface area (Å²) >= 11 is 0. The van der Waals surface area contributed by atoms with Crippen LogP contribution in [0.1, 0.15) is 22.7 Å². The lowest BCUT2D eigenvalue weighted by molar-refractivity contribution is -0.125. The lowest BCUT2D eigenvalue weighted by Crippen LogP contribution is -2.43. The van der Waals surface area contributed by atoms with Crippen LogP contribution in [0.5, 0.6) is 11.5 Å². The number of benzene rings is 2. The van der Waals surface area contributed by atoms with E-state index in [2.05, 4.69) is 5.32 Å². The highest BCUT2D eigenvalue weighted by Crippen LogP contribution is 2.32. The van der Waals surface area contributed by atoms with Crippen molar-refractivity contribution < 1.29 is 19.1 Å². The van der Waals surface area contributed by atoms with Gasteiger partial charge in [0, 0.05) is 6.54 Å². The van der Waals surface area contributed by atoms with Crippen LogP contribution >= 0.6 is 0 Å². The van der Waals surface area contributed by atoms with Crippen molar-refractivity contribution >= 4 is 11.9 Å².